The topological polar surface area (TPSA) is 70.9 Å². The van der Waals surface area contributed by atoms with Gasteiger partial charge in [0.15, 0.2) is 0 Å². The number of aromatic nitrogens is 1. The fraction of sp³-hybridized carbons (Fsp3) is 0.500. The van der Waals surface area contributed by atoms with Gasteiger partial charge in [0.2, 0.25) is 5.88 Å². The Morgan fingerprint density at radius 1 is 1.53 bits per heavy atom. The summed E-state index contributed by atoms with van der Waals surface area (Å²) in [6, 6.07) is 3.64. The van der Waals surface area contributed by atoms with E-state index in [0.717, 1.165) is 18.4 Å². The number of nitrogens with zero attached hydrogens (tertiary/aromatic N) is 4. The minimum atomic E-state index is 0.332. The van der Waals surface area contributed by atoms with Crippen molar-refractivity contribution in [2.24, 2.45) is 5.11 Å². The molecule has 0 saturated heterocycles. The van der Waals surface area contributed by atoms with Crippen LogP contribution < -0.4 is 4.74 Å². The lowest BCUT2D eigenvalue weighted by Crippen LogP contribution is -1.98. The molecule has 0 amide bonds. The van der Waals surface area contributed by atoms with Gasteiger partial charge in [-0.05, 0) is 17.5 Å². The average molecular weight is 206 g/mol. The molecule has 0 fully saturated rings. The molecule has 0 N–H and O–H groups in total. The van der Waals surface area contributed by atoms with Crippen LogP contribution in [0.1, 0.15) is 25.3 Å². The van der Waals surface area contributed by atoms with Gasteiger partial charge >= 0.3 is 0 Å². The Morgan fingerprint density at radius 3 is 3.00 bits per heavy atom. The first kappa shape index (κ1) is 11.3. The Hall–Kier alpha value is -1.74. The molecule has 0 aromatic carbocycles. The highest BCUT2D eigenvalue weighted by Gasteiger charge is 1.95. The van der Waals surface area contributed by atoms with E-state index in [9.17, 15) is 0 Å². The fourth-order valence-corrected chi connectivity index (χ4v) is 1.02. The van der Waals surface area contributed by atoms with Gasteiger partial charge in [-0.3, -0.25) is 0 Å². The second-order valence-electron chi connectivity index (χ2n) is 3.10. The van der Waals surface area contributed by atoms with Gasteiger partial charge in [-0.1, -0.05) is 24.5 Å². The Bertz CT molecular complexity index is 330. The maximum Gasteiger partial charge on any atom is 0.213 e. The summed E-state index contributed by atoms with van der Waals surface area (Å²) < 4.78 is 5.39. The molecule has 0 atom stereocenters. The number of hydrogen-bond acceptors (Lipinski definition) is 3. The van der Waals surface area contributed by atoms with Crippen molar-refractivity contribution >= 4 is 0 Å². The first-order chi connectivity index (χ1) is 7.36. The molecule has 15 heavy (non-hydrogen) atoms. The van der Waals surface area contributed by atoms with Crippen molar-refractivity contribution in [3.8, 4) is 5.88 Å². The Labute approximate surface area is 88.7 Å². The zero-order valence-corrected chi connectivity index (χ0v) is 8.76. The van der Waals surface area contributed by atoms with Crippen LogP contribution in [0.5, 0.6) is 5.88 Å². The number of azide groups is 1. The molecule has 5 nitrogen and oxygen atoms in total. The SMILES string of the molecule is CCCCOc1ccc(CN=[N+]=[N-])cn1. The summed E-state index contributed by atoms with van der Waals surface area (Å²) >= 11 is 0. The van der Waals surface area contributed by atoms with E-state index < -0.39 is 0 Å². The molecule has 1 aromatic heterocycles. The molecular formula is C10H14N4O. The molecule has 0 aliphatic rings. The Kier molecular flexibility index (Phi) is 5.04. The van der Waals surface area contributed by atoms with Gasteiger partial charge in [0.25, 0.3) is 0 Å². The minimum Gasteiger partial charge on any atom is -0.478 e. The predicted octanol–water partition coefficient (Wildman–Crippen LogP) is 3.07. The molecule has 1 heterocycles. The van der Waals surface area contributed by atoms with Gasteiger partial charge in [0.05, 0.1) is 13.2 Å². The number of hydrogen-bond donors (Lipinski definition) is 0. The van der Waals surface area contributed by atoms with Crippen molar-refractivity contribution in [2.75, 3.05) is 6.61 Å². The van der Waals surface area contributed by atoms with Crippen molar-refractivity contribution in [1.82, 2.24) is 4.98 Å². The van der Waals surface area contributed by atoms with Crippen LogP contribution in [0, 0.1) is 0 Å². The van der Waals surface area contributed by atoms with Crippen molar-refractivity contribution in [3.63, 3.8) is 0 Å². The van der Waals surface area contributed by atoms with E-state index in [2.05, 4.69) is 21.9 Å². The summed E-state index contributed by atoms with van der Waals surface area (Å²) in [4.78, 5) is 6.78. The van der Waals surface area contributed by atoms with Crippen molar-refractivity contribution in [1.29, 1.82) is 0 Å². The van der Waals surface area contributed by atoms with E-state index in [1.165, 1.54) is 0 Å². The lowest BCUT2D eigenvalue weighted by molar-refractivity contribution is 0.297. The zero-order valence-electron chi connectivity index (χ0n) is 8.76. The van der Waals surface area contributed by atoms with E-state index >= 15 is 0 Å². The summed E-state index contributed by atoms with van der Waals surface area (Å²) in [5, 5.41) is 3.45. The maximum absolute atomic E-state index is 8.14. The van der Waals surface area contributed by atoms with Gasteiger partial charge in [-0.25, -0.2) is 4.98 Å². The number of unbranched alkanes of at least 4 members (excludes halogenated alkanes) is 1. The lowest BCUT2D eigenvalue weighted by Gasteiger charge is -2.03. The number of rotatable bonds is 6. The molecule has 0 spiro atoms. The largest absolute Gasteiger partial charge is 0.478 e. The standard InChI is InChI=1S/C10H14N4O/c1-2-3-6-15-10-5-4-9(7-12-10)8-13-14-11/h4-5,7H,2-3,6,8H2,1H3. The van der Waals surface area contributed by atoms with Gasteiger partial charge in [-0.2, -0.15) is 0 Å². The third kappa shape index (κ3) is 4.33. The second-order valence-corrected chi connectivity index (χ2v) is 3.10. The molecule has 80 valence electrons. The summed E-state index contributed by atoms with van der Waals surface area (Å²) in [7, 11) is 0. The molecule has 5 heteroatoms. The first-order valence-electron chi connectivity index (χ1n) is 4.95. The van der Waals surface area contributed by atoms with Crippen LogP contribution in [0.3, 0.4) is 0 Å². The van der Waals surface area contributed by atoms with E-state index in [1.54, 1.807) is 12.3 Å². The summed E-state index contributed by atoms with van der Waals surface area (Å²) in [6.07, 6.45) is 3.80. The highest BCUT2D eigenvalue weighted by molar-refractivity contribution is 5.17. The predicted molar refractivity (Wildman–Crippen MR) is 57.5 cm³/mol. The quantitative estimate of drug-likeness (QED) is 0.310. The average Bonchev–Trinajstić information content (AvgIpc) is 2.28. The highest BCUT2D eigenvalue weighted by atomic mass is 16.5. The maximum atomic E-state index is 8.14. The molecule has 0 bridgehead atoms. The molecule has 0 aliphatic heterocycles. The monoisotopic (exact) mass is 206 g/mol. The van der Waals surface area contributed by atoms with Crippen LogP contribution in [-0.4, -0.2) is 11.6 Å². The third-order valence-electron chi connectivity index (χ3n) is 1.86. The van der Waals surface area contributed by atoms with Gasteiger partial charge in [0.1, 0.15) is 0 Å². The van der Waals surface area contributed by atoms with Crippen LogP contribution in [0.2, 0.25) is 0 Å². The summed E-state index contributed by atoms with van der Waals surface area (Å²) in [6.45, 7) is 3.14. The lowest BCUT2D eigenvalue weighted by atomic mass is 10.3. The van der Waals surface area contributed by atoms with Crippen molar-refractivity contribution in [2.45, 2.75) is 26.3 Å². The summed E-state index contributed by atoms with van der Waals surface area (Å²) in [5.41, 5.74) is 9.02. The van der Waals surface area contributed by atoms with Crippen molar-refractivity contribution in [3.05, 3.63) is 34.3 Å². The van der Waals surface area contributed by atoms with Gasteiger partial charge in [-0.15, -0.1) is 0 Å². The van der Waals surface area contributed by atoms with Gasteiger partial charge < -0.3 is 4.74 Å². The van der Waals surface area contributed by atoms with E-state index in [0.29, 0.717) is 19.0 Å². The van der Waals surface area contributed by atoms with Gasteiger partial charge in [0, 0.05) is 17.2 Å². The van der Waals surface area contributed by atoms with Crippen LogP contribution in [0.15, 0.2) is 23.4 Å². The highest BCUT2D eigenvalue weighted by Crippen LogP contribution is 2.08. The molecule has 0 aliphatic carbocycles. The Balaban J connectivity index is 2.44. The normalized spacial score (nSPS) is 9.40. The van der Waals surface area contributed by atoms with E-state index in [-0.39, 0.29) is 0 Å². The van der Waals surface area contributed by atoms with E-state index in [4.69, 9.17) is 10.3 Å². The van der Waals surface area contributed by atoms with Crippen LogP contribution >= 0.6 is 0 Å². The van der Waals surface area contributed by atoms with E-state index in [1.807, 2.05) is 6.07 Å². The fourth-order valence-electron chi connectivity index (χ4n) is 1.02. The molecule has 1 rings (SSSR count). The number of ether oxygens (including phenoxy) is 1. The molecule has 1 aromatic rings. The minimum absolute atomic E-state index is 0.332. The van der Waals surface area contributed by atoms with Crippen LogP contribution in [0.4, 0.5) is 0 Å². The summed E-state index contributed by atoms with van der Waals surface area (Å²) in [5.74, 6) is 0.619. The molecule has 0 unspecified atom stereocenters. The number of pyridine rings is 1. The first-order valence-corrected chi connectivity index (χ1v) is 4.95. The molecular weight excluding hydrogens is 192 g/mol. The smallest absolute Gasteiger partial charge is 0.213 e. The second kappa shape index (κ2) is 6.68. The molecule has 0 saturated carbocycles. The third-order valence-corrected chi connectivity index (χ3v) is 1.86. The zero-order chi connectivity index (χ0) is 10.9. The van der Waals surface area contributed by atoms with Crippen LogP contribution in [-0.2, 0) is 6.54 Å². The van der Waals surface area contributed by atoms with Crippen molar-refractivity contribution < 1.29 is 4.74 Å². The molecule has 0 radical (unpaired) electrons. The Morgan fingerprint density at radius 2 is 2.40 bits per heavy atom. The van der Waals surface area contributed by atoms with Crippen LogP contribution in [0.25, 0.3) is 10.4 Å².